The molecule has 3 nitrogen and oxygen atoms in total. The highest BCUT2D eigenvalue weighted by Crippen LogP contribution is 2.44. The molecule has 4 heteroatoms. The maximum absolute atomic E-state index is 12.1. The topological polar surface area (TPSA) is 52.3 Å². The van der Waals surface area contributed by atoms with Crippen LogP contribution in [-0.4, -0.2) is 17.3 Å². The Kier molecular flexibility index (Phi) is 7.54. The van der Waals surface area contributed by atoms with Crippen LogP contribution in [0.15, 0.2) is 83.8 Å². The highest BCUT2D eigenvalue weighted by atomic mass is 32.2. The van der Waals surface area contributed by atoms with Crippen LogP contribution in [0, 0.1) is 0 Å². The van der Waals surface area contributed by atoms with E-state index in [4.69, 9.17) is 10.5 Å². The number of benzene rings is 3. The number of rotatable bonds is 9. The minimum Gasteiger partial charge on any atom is -0.494 e. The SMILES string of the molecule is NC(=O)C1(Sc2ccc(OCCCc3cccc(-c4ccccc4)c3)cc2)CCCCC1. The van der Waals surface area contributed by atoms with Crippen molar-refractivity contribution in [1.82, 2.24) is 0 Å². The first-order chi connectivity index (χ1) is 15.6. The van der Waals surface area contributed by atoms with Crippen molar-refractivity contribution in [1.29, 1.82) is 0 Å². The molecule has 32 heavy (non-hydrogen) atoms. The summed E-state index contributed by atoms with van der Waals surface area (Å²) in [7, 11) is 0. The summed E-state index contributed by atoms with van der Waals surface area (Å²) >= 11 is 1.62. The van der Waals surface area contributed by atoms with E-state index in [0.29, 0.717) is 6.61 Å². The third-order valence-corrected chi connectivity index (χ3v) is 7.67. The number of aryl methyl sites for hydroxylation is 1. The molecular formula is C28H31NO2S. The Hall–Kier alpha value is -2.72. The van der Waals surface area contributed by atoms with Crippen LogP contribution >= 0.6 is 11.8 Å². The first-order valence-corrected chi connectivity index (χ1v) is 12.3. The number of nitrogens with two attached hydrogens (primary N) is 1. The largest absolute Gasteiger partial charge is 0.494 e. The normalized spacial score (nSPS) is 15.2. The molecule has 1 amide bonds. The van der Waals surface area contributed by atoms with E-state index in [9.17, 15) is 4.79 Å². The molecule has 0 unspecified atom stereocenters. The molecule has 0 heterocycles. The lowest BCUT2D eigenvalue weighted by Crippen LogP contribution is -2.42. The lowest BCUT2D eigenvalue weighted by molar-refractivity contribution is -0.121. The zero-order valence-corrected chi connectivity index (χ0v) is 19.3. The zero-order valence-electron chi connectivity index (χ0n) is 18.5. The van der Waals surface area contributed by atoms with E-state index in [0.717, 1.165) is 49.2 Å². The monoisotopic (exact) mass is 445 g/mol. The number of amides is 1. The molecule has 0 aromatic heterocycles. The van der Waals surface area contributed by atoms with Crippen molar-refractivity contribution in [2.75, 3.05) is 6.61 Å². The van der Waals surface area contributed by atoms with Gasteiger partial charge in [-0.1, -0.05) is 73.9 Å². The number of carbonyl (C=O) groups is 1. The lowest BCUT2D eigenvalue weighted by Gasteiger charge is -2.33. The lowest BCUT2D eigenvalue weighted by atomic mass is 9.88. The van der Waals surface area contributed by atoms with Gasteiger partial charge in [0.05, 0.1) is 11.4 Å². The first-order valence-electron chi connectivity index (χ1n) is 11.5. The number of hydrogen-bond acceptors (Lipinski definition) is 3. The Labute approximate surface area is 195 Å². The zero-order chi connectivity index (χ0) is 22.2. The average Bonchev–Trinajstić information content (AvgIpc) is 2.84. The second kappa shape index (κ2) is 10.7. The fraction of sp³-hybridized carbons (Fsp3) is 0.321. The van der Waals surface area contributed by atoms with Gasteiger partial charge in [0.15, 0.2) is 0 Å². The Morgan fingerprint density at radius 1 is 0.875 bits per heavy atom. The molecule has 166 valence electrons. The molecule has 0 saturated heterocycles. The van der Waals surface area contributed by atoms with Gasteiger partial charge in [-0.05, 0) is 66.6 Å². The van der Waals surface area contributed by atoms with Crippen molar-refractivity contribution in [2.45, 2.75) is 54.6 Å². The van der Waals surface area contributed by atoms with Crippen LogP contribution in [0.5, 0.6) is 5.75 Å². The molecule has 4 rings (SSSR count). The molecule has 3 aromatic carbocycles. The van der Waals surface area contributed by atoms with Gasteiger partial charge in [0, 0.05) is 4.90 Å². The molecule has 1 aliphatic carbocycles. The standard InChI is InChI=1S/C28H31NO2S/c29-27(30)28(18-5-2-6-19-28)32-26-16-14-25(15-17-26)31-20-8-10-22-9-7-13-24(21-22)23-11-3-1-4-12-23/h1,3-4,7,9,11-17,21H,2,5-6,8,10,18-20H2,(H2,29,30). The Morgan fingerprint density at radius 2 is 1.59 bits per heavy atom. The Balaban J connectivity index is 1.27. The fourth-order valence-corrected chi connectivity index (χ4v) is 5.67. The Bertz CT molecular complexity index is 1010. The van der Waals surface area contributed by atoms with Gasteiger partial charge in [-0.25, -0.2) is 0 Å². The summed E-state index contributed by atoms with van der Waals surface area (Å²) in [5.41, 5.74) is 9.59. The number of thioether (sulfide) groups is 1. The minimum absolute atomic E-state index is 0.182. The van der Waals surface area contributed by atoms with Gasteiger partial charge in [0.2, 0.25) is 5.91 Å². The van der Waals surface area contributed by atoms with Gasteiger partial charge in [-0.2, -0.15) is 0 Å². The van der Waals surface area contributed by atoms with Gasteiger partial charge < -0.3 is 10.5 Å². The quantitative estimate of drug-likeness (QED) is 0.375. The summed E-state index contributed by atoms with van der Waals surface area (Å²) in [5, 5.41) is 0. The van der Waals surface area contributed by atoms with E-state index in [-0.39, 0.29) is 5.91 Å². The smallest absolute Gasteiger partial charge is 0.234 e. The second-order valence-corrected chi connectivity index (χ2v) is 9.97. The molecule has 3 aromatic rings. The van der Waals surface area contributed by atoms with Crippen LogP contribution in [0.4, 0.5) is 0 Å². The molecule has 0 bridgehead atoms. The molecule has 0 atom stereocenters. The van der Waals surface area contributed by atoms with Crippen LogP contribution in [0.25, 0.3) is 11.1 Å². The van der Waals surface area contributed by atoms with Crippen molar-refractivity contribution in [3.8, 4) is 16.9 Å². The van der Waals surface area contributed by atoms with E-state index in [1.54, 1.807) is 11.8 Å². The average molecular weight is 446 g/mol. The van der Waals surface area contributed by atoms with E-state index < -0.39 is 4.75 Å². The van der Waals surface area contributed by atoms with E-state index in [1.165, 1.54) is 23.1 Å². The van der Waals surface area contributed by atoms with Crippen molar-refractivity contribution >= 4 is 17.7 Å². The number of primary amides is 1. The van der Waals surface area contributed by atoms with Crippen molar-refractivity contribution in [2.24, 2.45) is 5.73 Å². The Morgan fingerprint density at radius 3 is 2.31 bits per heavy atom. The van der Waals surface area contributed by atoms with E-state index in [1.807, 2.05) is 30.3 Å². The van der Waals surface area contributed by atoms with Gasteiger partial charge in [-0.15, -0.1) is 11.8 Å². The predicted molar refractivity (Wildman–Crippen MR) is 133 cm³/mol. The molecule has 2 N–H and O–H groups in total. The number of ether oxygens (including phenoxy) is 1. The summed E-state index contributed by atoms with van der Waals surface area (Å²) in [4.78, 5) is 13.2. The summed E-state index contributed by atoms with van der Waals surface area (Å²) in [5.74, 6) is 0.683. The second-order valence-electron chi connectivity index (χ2n) is 8.51. The highest BCUT2D eigenvalue weighted by Gasteiger charge is 2.38. The van der Waals surface area contributed by atoms with Crippen molar-refractivity contribution in [3.63, 3.8) is 0 Å². The van der Waals surface area contributed by atoms with Crippen LogP contribution in [0.2, 0.25) is 0 Å². The first kappa shape index (κ1) is 22.5. The summed E-state index contributed by atoms with van der Waals surface area (Å²) < 4.78 is 5.51. The molecular weight excluding hydrogens is 414 g/mol. The van der Waals surface area contributed by atoms with Crippen LogP contribution in [0.1, 0.15) is 44.1 Å². The summed E-state index contributed by atoms with van der Waals surface area (Å²) in [6, 6.07) is 27.3. The molecule has 1 fully saturated rings. The predicted octanol–water partition coefficient (Wildman–Crippen LogP) is 6.65. The van der Waals surface area contributed by atoms with Crippen molar-refractivity contribution in [3.05, 3.63) is 84.4 Å². The van der Waals surface area contributed by atoms with Gasteiger partial charge in [0.25, 0.3) is 0 Å². The molecule has 1 saturated carbocycles. The maximum Gasteiger partial charge on any atom is 0.234 e. The number of hydrogen-bond donors (Lipinski definition) is 1. The van der Waals surface area contributed by atoms with Gasteiger partial charge >= 0.3 is 0 Å². The highest BCUT2D eigenvalue weighted by molar-refractivity contribution is 8.01. The fourth-order valence-electron chi connectivity index (χ4n) is 4.35. The van der Waals surface area contributed by atoms with Crippen LogP contribution in [0.3, 0.4) is 0 Å². The van der Waals surface area contributed by atoms with Crippen molar-refractivity contribution < 1.29 is 9.53 Å². The van der Waals surface area contributed by atoms with E-state index in [2.05, 4.69) is 48.5 Å². The maximum atomic E-state index is 12.1. The van der Waals surface area contributed by atoms with Crippen LogP contribution < -0.4 is 10.5 Å². The number of carbonyl (C=O) groups excluding carboxylic acids is 1. The molecule has 0 spiro atoms. The molecule has 1 aliphatic rings. The summed E-state index contributed by atoms with van der Waals surface area (Å²) in [6.45, 7) is 0.674. The van der Waals surface area contributed by atoms with Gasteiger partial charge in [0.1, 0.15) is 5.75 Å². The van der Waals surface area contributed by atoms with E-state index >= 15 is 0 Å². The summed E-state index contributed by atoms with van der Waals surface area (Å²) in [6.07, 6.45) is 7.03. The van der Waals surface area contributed by atoms with Gasteiger partial charge in [-0.3, -0.25) is 4.79 Å². The third-order valence-electron chi connectivity index (χ3n) is 6.16. The third kappa shape index (κ3) is 5.74. The van der Waals surface area contributed by atoms with Crippen LogP contribution in [-0.2, 0) is 11.2 Å². The minimum atomic E-state index is -0.449. The molecule has 0 radical (unpaired) electrons. The molecule has 0 aliphatic heterocycles.